The quantitative estimate of drug-likeness (QED) is 0.467. The monoisotopic (exact) mass is 520 g/mol. The molecule has 2 amide bonds. The number of fused-ring (bicyclic) bond motifs is 1. The minimum atomic E-state index is -0.578. The molecule has 2 N–H and O–H groups in total. The fourth-order valence-corrected chi connectivity index (χ4v) is 4.51. The predicted molar refractivity (Wildman–Crippen MR) is 145 cm³/mol. The van der Waals surface area contributed by atoms with Gasteiger partial charge in [0.05, 0.1) is 12.6 Å². The zero-order valence-corrected chi connectivity index (χ0v) is 22.5. The normalized spacial score (nSPS) is 15.7. The molecule has 2 heterocycles. The van der Waals surface area contributed by atoms with Gasteiger partial charge in [0.15, 0.2) is 18.1 Å². The van der Waals surface area contributed by atoms with Gasteiger partial charge in [-0.05, 0) is 62.6 Å². The van der Waals surface area contributed by atoms with Gasteiger partial charge in [0.25, 0.3) is 5.91 Å². The number of methoxy groups -OCH3 is 1. The standard InChI is InChI=1S/C29H36N4O5/c1-29(2,3)38-28(35)32-17-20-9-10-25(36-4)26(15-20)37-19-27(34)33-14-13-30-18-22(33)16-21-11-12-31-24-8-6-5-7-23(21)24/h5-12,15,22,30H,13-14,16-19H2,1-4H3,(H,32,35). The number of piperazine rings is 1. The van der Waals surface area contributed by atoms with Crippen LogP contribution in [0.15, 0.2) is 54.7 Å². The maximum Gasteiger partial charge on any atom is 0.407 e. The van der Waals surface area contributed by atoms with E-state index >= 15 is 0 Å². The van der Waals surface area contributed by atoms with Crippen LogP contribution in [-0.4, -0.2) is 66.9 Å². The van der Waals surface area contributed by atoms with Gasteiger partial charge in [0.1, 0.15) is 5.60 Å². The Balaban J connectivity index is 1.41. The summed E-state index contributed by atoms with van der Waals surface area (Å²) < 4.78 is 16.7. The van der Waals surface area contributed by atoms with Crippen LogP contribution in [0.3, 0.4) is 0 Å². The van der Waals surface area contributed by atoms with Crippen LogP contribution in [0.1, 0.15) is 31.9 Å². The number of ether oxygens (including phenoxy) is 3. The first-order chi connectivity index (χ1) is 18.2. The first-order valence-corrected chi connectivity index (χ1v) is 12.8. The largest absolute Gasteiger partial charge is 0.493 e. The zero-order chi connectivity index (χ0) is 27.1. The van der Waals surface area contributed by atoms with Crippen LogP contribution in [0.5, 0.6) is 11.5 Å². The van der Waals surface area contributed by atoms with Crippen LogP contribution in [0.2, 0.25) is 0 Å². The van der Waals surface area contributed by atoms with Gasteiger partial charge in [-0.15, -0.1) is 0 Å². The Hall–Kier alpha value is -3.85. The molecule has 0 aliphatic carbocycles. The van der Waals surface area contributed by atoms with Crippen LogP contribution in [-0.2, 0) is 22.5 Å². The van der Waals surface area contributed by atoms with Crippen molar-refractivity contribution in [1.82, 2.24) is 20.5 Å². The minimum Gasteiger partial charge on any atom is -0.493 e. The first-order valence-electron chi connectivity index (χ1n) is 12.8. The number of rotatable bonds is 8. The molecule has 1 aliphatic heterocycles. The van der Waals surface area contributed by atoms with Crippen molar-refractivity contribution in [2.24, 2.45) is 0 Å². The molecule has 0 saturated carbocycles. The molecule has 202 valence electrons. The molecule has 0 bridgehead atoms. The number of amides is 2. The second kappa shape index (κ2) is 12.1. The number of nitrogens with one attached hydrogen (secondary N) is 2. The summed E-state index contributed by atoms with van der Waals surface area (Å²) in [6.07, 6.45) is 2.04. The van der Waals surface area contributed by atoms with Crippen molar-refractivity contribution >= 4 is 22.9 Å². The molecular weight excluding hydrogens is 484 g/mol. The Kier molecular flexibility index (Phi) is 8.68. The average Bonchev–Trinajstić information content (AvgIpc) is 2.90. The molecule has 0 radical (unpaired) electrons. The number of pyridine rings is 1. The van der Waals surface area contributed by atoms with E-state index in [0.29, 0.717) is 24.6 Å². The lowest BCUT2D eigenvalue weighted by atomic mass is 9.99. The summed E-state index contributed by atoms with van der Waals surface area (Å²) in [5.74, 6) is 0.865. The smallest absolute Gasteiger partial charge is 0.407 e. The Morgan fingerprint density at radius 1 is 1.13 bits per heavy atom. The predicted octanol–water partition coefficient (Wildman–Crippen LogP) is 3.69. The van der Waals surface area contributed by atoms with E-state index in [1.807, 2.05) is 62.2 Å². The second-order valence-electron chi connectivity index (χ2n) is 10.3. The summed E-state index contributed by atoms with van der Waals surface area (Å²) in [7, 11) is 1.55. The highest BCUT2D eigenvalue weighted by molar-refractivity contribution is 5.82. The first kappa shape index (κ1) is 27.2. The van der Waals surface area contributed by atoms with Crippen LogP contribution in [0.4, 0.5) is 4.79 Å². The van der Waals surface area contributed by atoms with Crippen molar-refractivity contribution in [2.45, 2.75) is 45.4 Å². The van der Waals surface area contributed by atoms with E-state index in [1.165, 1.54) is 0 Å². The summed E-state index contributed by atoms with van der Waals surface area (Å²) in [4.78, 5) is 31.7. The fourth-order valence-electron chi connectivity index (χ4n) is 4.51. The van der Waals surface area contributed by atoms with Crippen molar-refractivity contribution in [3.63, 3.8) is 0 Å². The van der Waals surface area contributed by atoms with Gasteiger partial charge >= 0.3 is 6.09 Å². The topological polar surface area (TPSA) is 102 Å². The van der Waals surface area contributed by atoms with Gasteiger partial charge in [-0.2, -0.15) is 0 Å². The molecule has 1 saturated heterocycles. The molecule has 1 aliphatic rings. The molecule has 3 aromatic rings. The number of nitrogens with zero attached hydrogens (tertiary/aromatic N) is 2. The maximum absolute atomic E-state index is 13.3. The molecule has 1 aromatic heterocycles. The van der Waals surface area contributed by atoms with Crippen LogP contribution >= 0.6 is 0 Å². The summed E-state index contributed by atoms with van der Waals surface area (Å²) in [5.41, 5.74) is 2.33. The van der Waals surface area contributed by atoms with E-state index in [-0.39, 0.29) is 25.1 Å². The van der Waals surface area contributed by atoms with Crippen molar-refractivity contribution in [1.29, 1.82) is 0 Å². The molecule has 2 aromatic carbocycles. The Bertz CT molecular complexity index is 1270. The SMILES string of the molecule is COc1ccc(CNC(=O)OC(C)(C)C)cc1OCC(=O)N1CCNCC1Cc1ccnc2ccccc12. The molecule has 9 nitrogen and oxygen atoms in total. The van der Waals surface area contributed by atoms with Crippen LogP contribution in [0.25, 0.3) is 10.9 Å². The third kappa shape index (κ3) is 7.13. The molecule has 1 atom stereocenters. The lowest BCUT2D eigenvalue weighted by Crippen LogP contribution is -2.55. The molecule has 1 unspecified atom stereocenters. The number of para-hydroxylation sites is 1. The summed E-state index contributed by atoms with van der Waals surface area (Å²) >= 11 is 0. The highest BCUT2D eigenvalue weighted by Crippen LogP contribution is 2.28. The summed E-state index contributed by atoms with van der Waals surface area (Å²) in [5, 5.41) is 7.25. The average molecular weight is 521 g/mol. The van der Waals surface area contributed by atoms with Crippen LogP contribution in [0, 0.1) is 0 Å². The van der Waals surface area contributed by atoms with Gasteiger partial charge in [0.2, 0.25) is 0 Å². The van der Waals surface area contributed by atoms with Crippen molar-refractivity contribution in [3.8, 4) is 11.5 Å². The second-order valence-corrected chi connectivity index (χ2v) is 10.3. The molecular formula is C29H36N4O5. The van der Waals surface area contributed by atoms with Gasteiger partial charge in [0, 0.05) is 43.8 Å². The third-order valence-electron chi connectivity index (χ3n) is 6.28. The number of aromatic nitrogens is 1. The Morgan fingerprint density at radius 2 is 1.95 bits per heavy atom. The minimum absolute atomic E-state index is 0.00286. The Labute approximate surface area is 223 Å². The highest BCUT2D eigenvalue weighted by atomic mass is 16.6. The van der Waals surface area contributed by atoms with Gasteiger partial charge in [-0.3, -0.25) is 9.78 Å². The van der Waals surface area contributed by atoms with E-state index in [1.54, 1.807) is 19.2 Å². The number of benzene rings is 2. The van der Waals surface area contributed by atoms with Gasteiger partial charge in [-0.1, -0.05) is 24.3 Å². The maximum atomic E-state index is 13.3. The van der Waals surface area contributed by atoms with Crippen LogP contribution < -0.4 is 20.1 Å². The summed E-state index contributed by atoms with van der Waals surface area (Å²) in [6, 6.07) is 15.4. The van der Waals surface area contributed by atoms with E-state index < -0.39 is 11.7 Å². The molecule has 4 rings (SSSR count). The van der Waals surface area contributed by atoms with Crippen molar-refractivity contribution in [2.75, 3.05) is 33.4 Å². The third-order valence-corrected chi connectivity index (χ3v) is 6.28. The van der Waals surface area contributed by atoms with E-state index in [2.05, 4.69) is 21.7 Å². The lowest BCUT2D eigenvalue weighted by Gasteiger charge is -2.36. The van der Waals surface area contributed by atoms with Crippen molar-refractivity contribution in [3.05, 3.63) is 65.9 Å². The highest BCUT2D eigenvalue weighted by Gasteiger charge is 2.28. The van der Waals surface area contributed by atoms with E-state index in [0.717, 1.165) is 35.0 Å². The molecule has 1 fully saturated rings. The number of carbonyl (C=O) groups is 2. The lowest BCUT2D eigenvalue weighted by molar-refractivity contribution is -0.136. The molecule has 9 heteroatoms. The Morgan fingerprint density at radius 3 is 2.74 bits per heavy atom. The van der Waals surface area contributed by atoms with Crippen molar-refractivity contribution < 1.29 is 23.8 Å². The number of hydrogen-bond donors (Lipinski definition) is 2. The number of carbonyl (C=O) groups excluding carboxylic acids is 2. The summed E-state index contributed by atoms with van der Waals surface area (Å²) in [6.45, 7) is 7.61. The number of alkyl carbamates (subject to hydrolysis) is 1. The molecule has 38 heavy (non-hydrogen) atoms. The van der Waals surface area contributed by atoms with Gasteiger partial charge < -0.3 is 29.7 Å². The van der Waals surface area contributed by atoms with E-state index in [9.17, 15) is 9.59 Å². The number of hydrogen-bond acceptors (Lipinski definition) is 7. The fraction of sp³-hybridized carbons (Fsp3) is 0.414. The van der Waals surface area contributed by atoms with E-state index in [4.69, 9.17) is 14.2 Å². The van der Waals surface area contributed by atoms with Gasteiger partial charge in [-0.25, -0.2) is 4.79 Å². The molecule has 0 spiro atoms. The zero-order valence-electron chi connectivity index (χ0n) is 22.5.